The van der Waals surface area contributed by atoms with Crippen molar-refractivity contribution in [3.8, 4) is 6.07 Å². The van der Waals surface area contributed by atoms with Crippen LogP contribution in [-0.4, -0.2) is 36.5 Å². The Hall–Kier alpha value is -1.42. The molecule has 6 heteroatoms. The molecule has 0 spiro atoms. The number of hydrogen-bond donors (Lipinski definition) is 2. The fourth-order valence-electron chi connectivity index (χ4n) is 1.97. The minimum atomic E-state index is -0.0654. The van der Waals surface area contributed by atoms with Crippen molar-refractivity contribution in [2.45, 2.75) is 18.9 Å². The van der Waals surface area contributed by atoms with E-state index in [0.29, 0.717) is 17.1 Å². The number of piperidine rings is 1. The van der Waals surface area contributed by atoms with Crippen LogP contribution < -0.4 is 11.1 Å². The minimum absolute atomic E-state index is 0.0654. The van der Waals surface area contributed by atoms with Crippen molar-refractivity contribution in [1.29, 1.82) is 5.26 Å². The molecule has 18 heavy (non-hydrogen) atoms. The number of nitrogens with one attached hydrogen (secondary N) is 1. The molecule has 1 saturated heterocycles. The lowest BCUT2D eigenvalue weighted by Gasteiger charge is -2.29. The molecule has 1 aromatic rings. The normalized spacial score (nSPS) is 17.3. The molecule has 1 fully saturated rings. The van der Waals surface area contributed by atoms with Crippen molar-refractivity contribution in [2.24, 2.45) is 5.73 Å². The molecule has 0 aliphatic carbocycles. The van der Waals surface area contributed by atoms with Gasteiger partial charge in [-0.2, -0.15) is 5.26 Å². The lowest BCUT2D eigenvalue weighted by molar-refractivity contribution is -0.117. The number of carbonyl (C=O) groups is 1. The number of amides is 1. The van der Waals surface area contributed by atoms with Gasteiger partial charge in [-0.1, -0.05) is 0 Å². The zero-order chi connectivity index (χ0) is 13.0. The lowest BCUT2D eigenvalue weighted by Crippen LogP contribution is -2.43. The predicted molar refractivity (Wildman–Crippen MR) is 71.3 cm³/mol. The molecule has 0 atom stereocenters. The average molecular weight is 264 g/mol. The standard InChI is InChI=1S/C12H16N4OS/c13-7-9-3-6-18-12(9)15-11(17)8-16-4-1-10(14)2-5-16/h3,6,10H,1-2,4-5,8,14H2,(H,15,17). The fourth-order valence-corrected chi connectivity index (χ4v) is 2.73. The molecule has 0 aromatic carbocycles. The number of nitrogens with zero attached hydrogens (tertiary/aromatic N) is 2. The molecular formula is C12H16N4OS. The monoisotopic (exact) mass is 264 g/mol. The quantitative estimate of drug-likeness (QED) is 0.852. The highest BCUT2D eigenvalue weighted by molar-refractivity contribution is 7.14. The van der Waals surface area contributed by atoms with E-state index >= 15 is 0 Å². The molecule has 1 amide bonds. The maximum atomic E-state index is 11.8. The smallest absolute Gasteiger partial charge is 0.239 e. The molecule has 0 bridgehead atoms. The summed E-state index contributed by atoms with van der Waals surface area (Å²) in [5, 5.41) is 14.1. The summed E-state index contributed by atoms with van der Waals surface area (Å²) in [4.78, 5) is 13.9. The number of thiophene rings is 1. The molecule has 0 radical (unpaired) electrons. The highest BCUT2D eigenvalue weighted by atomic mass is 32.1. The summed E-state index contributed by atoms with van der Waals surface area (Å²) in [5.41, 5.74) is 6.34. The molecule has 0 unspecified atom stereocenters. The second-order valence-corrected chi connectivity index (χ2v) is 5.35. The van der Waals surface area contributed by atoms with Gasteiger partial charge in [0.2, 0.25) is 5.91 Å². The average Bonchev–Trinajstić information content (AvgIpc) is 2.79. The van der Waals surface area contributed by atoms with Gasteiger partial charge in [-0.05, 0) is 24.3 Å². The van der Waals surface area contributed by atoms with Gasteiger partial charge in [0.1, 0.15) is 11.1 Å². The van der Waals surface area contributed by atoms with Gasteiger partial charge in [0.15, 0.2) is 0 Å². The summed E-state index contributed by atoms with van der Waals surface area (Å²) in [6.07, 6.45) is 1.88. The zero-order valence-corrected chi connectivity index (χ0v) is 10.9. The van der Waals surface area contributed by atoms with Crippen molar-refractivity contribution < 1.29 is 4.79 Å². The molecule has 0 saturated carbocycles. The Morgan fingerprint density at radius 2 is 2.33 bits per heavy atom. The summed E-state index contributed by atoms with van der Waals surface area (Å²) in [6, 6.07) is 4.03. The first-order chi connectivity index (χ1) is 8.69. The summed E-state index contributed by atoms with van der Waals surface area (Å²) in [7, 11) is 0. The van der Waals surface area contributed by atoms with Crippen LogP contribution in [0.4, 0.5) is 5.00 Å². The second kappa shape index (κ2) is 5.96. The summed E-state index contributed by atoms with van der Waals surface area (Å²) in [5.74, 6) is -0.0654. The number of rotatable bonds is 3. The second-order valence-electron chi connectivity index (χ2n) is 4.44. The summed E-state index contributed by atoms with van der Waals surface area (Å²) < 4.78 is 0. The van der Waals surface area contributed by atoms with Gasteiger partial charge < -0.3 is 11.1 Å². The number of carbonyl (C=O) groups excluding carboxylic acids is 1. The van der Waals surface area contributed by atoms with E-state index in [-0.39, 0.29) is 11.9 Å². The predicted octanol–water partition coefficient (Wildman–Crippen LogP) is 0.981. The van der Waals surface area contributed by atoms with Gasteiger partial charge in [0.05, 0.1) is 12.1 Å². The number of nitriles is 1. The van der Waals surface area contributed by atoms with Crippen LogP contribution in [0.1, 0.15) is 18.4 Å². The van der Waals surface area contributed by atoms with Gasteiger partial charge in [-0.25, -0.2) is 0 Å². The maximum absolute atomic E-state index is 11.8. The third-order valence-electron chi connectivity index (χ3n) is 3.04. The summed E-state index contributed by atoms with van der Waals surface area (Å²) in [6.45, 7) is 2.10. The van der Waals surface area contributed by atoms with Crippen molar-refractivity contribution in [3.05, 3.63) is 17.0 Å². The Labute approximate surface area is 110 Å². The van der Waals surface area contributed by atoms with Gasteiger partial charge in [-0.15, -0.1) is 11.3 Å². The van der Waals surface area contributed by atoms with Crippen molar-refractivity contribution >= 4 is 22.2 Å². The van der Waals surface area contributed by atoms with Crippen LogP contribution in [0.3, 0.4) is 0 Å². The Morgan fingerprint density at radius 1 is 1.61 bits per heavy atom. The molecule has 1 aliphatic rings. The lowest BCUT2D eigenvalue weighted by atomic mass is 10.1. The number of anilines is 1. The Morgan fingerprint density at radius 3 is 3.00 bits per heavy atom. The Bertz CT molecular complexity index is 457. The van der Waals surface area contributed by atoms with E-state index in [0.717, 1.165) is 25.9 Å². The molecule has 1 aromatic heterocycles. The van der Waals surface area contributed by atoms with Crippen LogP contribution in [0, 0.1) is 11.3 Å². The fraction of sp³-hybridized carbons (Fsp3) is 0.500. The van der Waals surface area contributed by atoms with E-state index in [1.54, 1.807) is 11.4 Å². The Kier molecular flexibility index (Phi) is 4.31. The van der Waals surface area contributed by atoms with E-state index < -0.39 is 0 Å². The minimum Gasteiger partial charge on any atom is -0.328 e. The third-order valence-corrected chi connectivity index (χ3v) is 3.87. The van der Waals surface area contributed by atoms with Crippen LogP contribution in [0.5, 0.6) is 0 Å². The molecule has 2 heterocycles. The third kappa shape index (κ3) is 3.29. The topological polar surface area (TPSA) is 82.2 Å². The number of nitrogens with two attached hydrogens (primary N) is 1. The molecule has 5 nitrogen and oxygen atoms in total. The first-order valence-corrected chi connectivity index (χ1v) is 6.82. The SMILES string of the molecule is N#Cc1ccsc1NC(=O)CN1CCC(N)CC1. The molecule has 2 rings (SSSR count). The van der Waals surface area contributed by atoms with Crippen LogP contribution in [0.2, 0.25) is 0 Å². The Balaban J connectivity index is 1.84. The highest BCUT2D eigenvalue weighted by Gasteiger charge is 2.18. The van der Waals surface area contributed by atoms with Gasteiger partial charge in [-0.3, -0.25) is 9.69 Å². The first-order valence-electron chi connectivity index (χ1n) is 5.94. The zero-order valence-electron chi connectivity index (χ0n) is 10.1. The van der Waals surface area contributed by atoms with Crippen LogP contribution in [0.25, 0.3) is 0 Å². The van der Waals surface area contributed by atoms with Crippen molar-refractivity contribution in [3.63, 3.8) is 0 Å². The number of hydrogen-bond acceptors (Lipinski definition) is 5. The van der Waals surface area contributed by atoms with Crippen molar-refractivity contribution in [1.82, 2.24) is 4.90 Å². The van der Waals surface area contributed by atoms with Crippen molar-refractivity contribution in [2.75, 3.05) is 25.0 Å². The molecule has 96 valence electrons. The maximum Gasteiger partial charge on any atom is 0.239 e. The number of likely N-dealkylation sites (tertiary alicyclic amines) is 1. The summed E-state index contributed by atoms with van der Waals surface area (Å²) >= 11 is 1.37. The van der Waals surface area contributed by atoms with E-state index in [4.69, 9.17) is 11.0 Å². The largest absolute Gasteiger partial charge is 0.328 e. The molecule has 1 aliphatic heterocycles. The highest BCUT2D eigenvalue weighted by Crippen LogP contribution is 2.22. The van der Waals surface area contributed by atoms with E-state index in [1.807, 2.05) is 0 Å². The van der Waals surface area contributed by atoms with Gasteiger partial charge >= 0.3 is 0 Å². The van der Waals surface area contributed by atoms with E-state index in [2.05, 4.69) is 16.3 Å². The van der Waals surface area contributed by atoms with E-state index in [1.165, 1.54) is 11.3 Å². The molecule has 3 N–H and O–H groups in total. The van der Waals surface area contributed by atoms with Gasteiger partial charge in [0.25, 0.3) is 0 Å². The van der Waals surface area contributed by atoms with Crippen LogP contribution in [0.15, 0.2) is 11.4 Å². The van der Waals surface area contributed by atoms with E-state index in [9.17, 15) is 4.79 Å². The van der Waals surface area contributed by atoms with Crippen LogP contribution >= 0.6 is 11.3 Å². The van der Waals surface area contributed by atoms with Crippen LogP contribution in [-0.2, 0) is 4.79 Å². The van der Waals surface area contributed by atoms with Gasteiger partial charge in [0, 0.05) is 19.1 Å². The first kappa shape index (κ1) is 13.0. The molecular weight excluding hydrogens is 248 g/mol.